The fourth-order valence-electron chi connectivity index (χ4n) is 2.88. The van der Waals surface area contributed by atoms with Crippen LogP contribution in [0.1, 0.15) is 44.6 Å². The van der Waals surface area contributed by atoms with Gasteiger partial charge in [0.05, 0.1) is 4.90 Å². The van der Waals surface area contributed by atoms with E-state index < -0.39 is 10.0 Å². The zero-order valence-electron chi connectivity index (χ0n) is 12.6. The van der Waals surface area contributed by atoms with Crippen LogP contribution in [-0.2, 0) is 16.6 Å². The molecule has 2 N–H and O–H groups in total. The summed E-state index contributed by atoms with van der Waals surface area (Å²) in [5.41, 5.74) is 0.630. The topological polar surface area (TPSA) is 58.2 Å². The molecule has 1 aromatic carbocycles. The maximum atomic E-state index is 12.7. The Bertz CT molecular complexity index is 596. The van der Waals surface area contributed by atoms with E-state index in [1.54, 1.807) is 12.1 Å². The molecule has 0 spiro atoms. The fraction of sp³-hybridized carbons (Fsp3) is 0.600. The summed E-state index contributed by atoms with van der Waals surface area (Å²) in [6, 6.07) is 5.45. The van der Waals surface area contributed by atoms with E-state index >= 15 is 0 Å². The van der Waals surface area contributed by atoms with Crippen molar-refractivity contribution < 1.29 is 8.42 Å². The zero-order valence-corrected chi connectivity index (χ0v) is 15.0. The number of halogens is 1. The van der Waals surface area contributed by atoms with Gasteiger partial charge in [-0.2, -0.15) is 0 Å². The summed E-state index contributed by atoms with van der Waals surface area (Å²) in [6.07, 6.45) is 5.17. The number of hydrogen-bond donors (Lipinski definition) is 2. The van der Waals surface area contributed by atoms with Crippen LogP contribution in [0.5, 0.6) is 0 Å². The summed E-state index contributed by atoms with van der Waals surface area (Å²) in [5.74, 6) is 0. The minimum atomic E-state index is -3.51. The summed E-state index contributed by atoms with van der Waals surface area (Å²) in [5, 5.41) is 3.04. The average molecular weight is 375 g/mol. The molecule has 21 heavy (non-hydrogen) atoms. The van der Waals surface area contributed by atoms with Gasteiger partial charge in [-0.1, -0.05) is 25.3 Å². The van der Waals surface area contributed by atoms with Gasteiger partial charge in [-0.3, -0.25) is 0 Å². The van der Waals surface area contributed by atoms with Crippen molar-refractivity contribution >= 4 is 26.0 Å². The van der Waals surface area contributed by atoms with E-state index in [0.717, 1.165) is 31.2 Å². The van der Waals surface area contributed by atoms with Gasteiger partial charge in [0, 0.05) is 16.6 Å². The van der Waals surface area contributed by atoms with E-state index in [9.17, 15) is 8.42 Å². The smallest absolute Gasteiger partial charge is 0.242 e. The second-order valence-corrected chi connectivity index (χ2v) is 8.53. The molecule has 1 aliphatic rings. The molecule has 4 nitrogen and oxygen atoms in total. The van der Waals surface area contributed by atoms with Crippen LogP contribution in [0.2, 0.25) is 0 Å². The molecule has 0 bridgehead atoms. The molecule has 0 aliphatic heterocycles. The normalized spacial score (nSPS) is 18.6. The minimum absolute atomic E-state index is 0.321. The van der Waals surface area contributed by atoms with Crippen molar-refractivity contribution in [1.82, 2.24) is 10.0 Å². The molecule has 0 saturated heterocycles. The summed E-state index contributed by atoms with van der Waals surface area (Å²) in [4.78, 5) is 0.321. The molecule has 1 aliphatic carbocycles. The Balaban J connectivity index is 2.28. The number of nitrogens with one attached hydrogen (secondary N) is 2. The first-order chi connectivity index (χ1) is 9.86. The number of hydrogen-bond acceptors (Lipinski definition) is 3. The predicted molar refractivity (Wildman–Crippen MR) is 88.7 cm³/mol. The van der Waals surface area contributed by atoms with Crippen LogP contribution < -0.4 is 10.0 Å². The maximum absolute atomic E-state index is 12.7. The molecule has 1 saturated carbocycles. The van der Waals surface area contributed by atoms with Gasteiger partial charge in [0.2, 0.25) is 10.0 Å². The Morgan fingerprint density at radius 2 is 1.90 bits per heavy atom. The number of sulfonamides is 1. The zero-order chi connectivity index (χ0) is 15.5. The van der Waals surface area contributed by atoms with Crippen LogP contribution in [0.3, 0.4) is 0 Å². The van der Waals surface area contributed by atoms with Gasteiger partial charge in [-0.15, -0.1) is 0 Å². The summed E-state index contributed by atoms with van der Waals surface area (Å²) in [6.45, 7) is 2.65. The van der Waals surface area contributed by atoms with Crippen molar-refractivity contribution in [2.75, 3.05) is 7.05 Å². The first kappa shape index (κ1) is 16.9. The first-order valence-electron chi connectivity index (χ1n) is 7.33. The predicted octanol–water partition coefficient (Wildman–Crippen LogP) is 3.17. The molecular formula is C15H23BrN2O2S. The van der Waals surface area contributed by atoms with Crippen LogP contribution >= 0.6 is 15.9 Å². The largest absolute Gasteiger partial charge is 0.316 e. The summed E-state index contributed by atoms with van der Waals surface area (Å²) >= 11 is 3.36. The molecule has 1 fully saturated rings. The molecule has 0 heterocycles. The molecule has 1 aromatic rings. The molecule has 2 rings (SSSR count). The SMILES string of the molecule is CNCc1ccc(Br)c(S(=O)(=O)NC2(C)CCCCC2)c1. The van der Waals surface area contributed by atoms with Gasteiger partial charge in [0.25, 0.3) is 0 Å². The monoisotopic (exact) mass is 374 g/mol. The Labute approximate surface area is 135 Å². The number of rotatable bonds is 5. The van der Waals surface area contributed by atoms with Crippen molar-refractivity contribution in [3.05, 3.63) is 28.2 Å². The highest BCUT2D eigenvalue weighted by molar-refractivity contribution is 9.10. The highest BCUT2D eigenvalue weighted by Crippen LogP contribution is 2.31. The second-order valence-electron chi connectivity index (χ2n) is 6.02. The maximum Gasteiger partial charge on any atom is 0.242 e. The molecule has 0 atom stereocenters. The quantitative estimate of drug-likeness (QED) is 0.831. The van der Waals surface area contributed by atoms with E-state index in [-0.39, 0.29) is 5.54 Å². The van der Waals surface area contributed by atoms with Gasteiger partial charge in [0.1, 0.15) is 0 Å². The van der Waals surface area contributed by atoms with Crippen molar-refractivity contribution in [2.24, 2.45) is 0 Å². The molecule has 6 heteroatoms. The lowest BCUT2D eigenvalue weighted by Gasteiger charge is -2.34. The van der Waals surface area contributed by atoms with Crippen LogP contribution in [0.4, 0.5) is 0 Å². The van der Waals surface area contributed by atoms with Gasteiger partial charge in [-0.05, 0) is 60.4 Å². The highest BCUT2D eigenvalue weighted by Gasteiger charge is 2.32. The third-order valence-corrected chi connectivity index (χ3v) is 6.64. The van der Waals surface area contributed by atoms with Crippen molar-refractivity contribution in [3.8, 4) is 0 Å². The molecule has 0 amide bonds. The standard InChI is InChI=1S/C15H23BrN2O2S/c1-15(8-4-3-5-9-15)18-21(19,20)14-10-12(11-17-2)6-7-13(14)16/h6-7,10,17-18H,3-5,8-9,11H2,1-2H3. The van der Waals surface area contributed by atoms with Crippen LogP contribution in [0.25, 0.3) is 0 Å². The molecule has 118 valence electrons. The summed E-state index contributed by atoms with van der Waals surface area (Å²) in [7, 11) is -1.67. The molecule has 0 aromatic heterocycles. The lowest BCUT2D eigenvalue weighted by Crippen LogP contribution is -2.47. The fourth-order valence-corrected chi connectivity index (χ4v) is 5.36. The Morgan fingerprint density at radius 3 is 2.52 bits per heavy atom. The first-order valence-corrected chi connectivity index (χ1v) is 9.61. The average Bonchev–Trinajstić information content (AvgIpc) is 2.40. The van der Waals surface area contributed by atoms with Gasteiger partial charge in [-0.25, -0.2) is 13.1 Å². The second kappa shape index (κ2) is 6.77. The van der Waals surface area contributed by atoms with E-state index in [2.05, 4.69) is 26.0 Å². The highest BCUT2D eigenvalue weighted by atomic mass is 79.9. The summed E-state index contributed by atoms with van der Waals surface area (Å²) < 4.78 is 29.0. The Hall–Kier alpha value is -0.430. The number of benzene rings is 1. The molecule has 0 unspecified atom stereocenters. The van der Waals surface area contributed by atoms with Gasteiger partial charge < -0.3 is 5.32 Å². The lowest BCUT2D eigenvalue weighted by molar-refractivity contribution is 0.294. The minimum Gasteiger partial charge on any atom is -0.316 e. The van der Waals surface area contributed by atoms with Crippen molar-refractivity contribution in [2.45, 2.75) is 56.0 Å². The van der Waals surface area contributed by atoms with Crippen molar-refractivity contribution in [1.29, 1.82) is 0 Å². The van der Waals surface area contributed by atoms with E-state index in [1.807, 2.05) is 20.0 Å². The lowest BCUT2D eigenvalue weighted by atomic mass is 9.84. The third-order valence-electron chi connectivity index (χ3n) is 4.00. The van der Waals surface area contributed by atoms with Gasteiger partial charge in [0.15, 0.2) is 0 Å². The third kappa shape index (κ3) is 4.28. The van der Waals surface area contributed by atoms with E-state index in [0.29, 0.717) is 15.9 Å². The van der Waals surface area contributed by atoms with Crippen LogP contribution in [-0.4, -0.2) is 21.0 Å². The van der Waals surface area contributed by atoms with Crippen LogP contribution in [0, 0.1) is 0 Å². The van der Waals surface area contributed by atoms with Crippen molar-refractivity contribution in [3.63, 3.8) is 0 Å². The van der Waals surface area contributed by atoms with E-state index in [4.69, 9.17) is 0 Å². The Kier molecular flexibility index (Phi) is 5.46. The van der Waals surface area contributed by atoms with Crippen LogP contribution in [0.15, 0.2) is 27.6 Å². The molecule has 0 radical (unpaired) electrons. The Morgan fingerprint density at radius 1 is 1.24 bits per heavy atom. The van der Waals surface area contributed by atoms with E-state index in [1.165, 1.54) is 6.42 Å². The molecular weight excluding hydrogens is 352 g/mol. The van der Waals surface area contributed by atoms with Gasteiger partial charge >= 0.3 is 0 Å².